The van der Waals surface area contributed by atoms with Crippen LogP contribution < -0.4 is 10.6 Å². The molecule has 2 N–H and O–H groups in total. The normalized spacial score (nSPS) is 48.0. The van der Waals surface area contributed by atoms with Crippen LogP contribution in [0.15, 0.2) is 0 Å². The highest BCUT2D eigenvalue weighted by molar-refractivity contribution is 5.08. The predicted octanol–water partition coefficient (Wildman–Crippen LogP) is 1.38. The summed E-state index contributed by atoms with van der Waals surface area (Å²) < 4.78 is 0. The number of hydrogen-bond donors (Lipinski definition) is 2. The largest absolute Gasteiger partial charge is 0.316 e. The Balaban J connectivity index is 1.59. The van der Waals surface area contributed by atoms with Crippen molar-refractivity contribution in [1.82, 2.24) is 10.6 Å². The highest BCUT2D eigenvalue weighted by Crippen LogP contribution is 2.60. The lowest BCUT2D eigenvalue weighted by molar-refractivity contribution is 0.254. The highest BCUT2D eigenvalue weighted by Gasteiger charge is 2.56. The van der Waals surface area contributed by atoms with Crippen LogP contribution in [0.5, 0.6) is 0 Å². The molecular weight excluding hydrogens is 172 g/mol. The van der Waals surface area contributed by atoms with Gasteiger partial charge in [-0.1, -0.05) is 0 Å². The minimum absolute atomic E-state index is 0.752. The first-order valence-corrected chi connectivity index (χ1v) is 6.32. The summed E-state index contributed by atoms with van der Waals surface area (Å²) in [4.78, 5) is 0. The van der Waals surface area contributed by atoms with Gasteiger partial charge in [0.25, 0.3) is 0 Å². The van der Waals surface area contributed by atoms with Gasteiger partial charge in [-0.2, -0.15) is 0 Å². The van der Waals surface area contributed by atoms with Crippen LogP contribution in [0, 0.1) is 17.3 Å². The molecule has 3 rings (SSSR count). The van der Waals surface area contributed by atoms with Crippen LogP contribution in [0.2, 0.25) is 0 Å². The SMILES string of the molecule is C1CNCC(C2CC23CCCNC3)C1. The molecule has 1 spiro atoms. The maximum Gasteiger partial charge on any atom is 0.00107 e. The molecule has 2 aliphatic heterocycles. The molecule has 0 aromatic rings. The minimum atomic E-state index is 0.752. The molecule has 0 aromatic heterocycles. The van der Waals surface area contributed by atoms with Crippen LogP contribution in [-0.4, -0.2) is 26.2 Å². The van der Waals surface area contributed by atoms with Gasteiger partial charge in [0.15, 0.2) is 0 Å². The van der Waals surface area contributed by atoms with Gasteiger partial charge in [0.2, 0.25) is 0 Å². The van der Waals surface area contributed by atoms with Crippen molar-refractivity contribution in [3.8, 4) is 0 Å². The second-order valence-corrected chi connectivity index (χ2v) is 5.56. The van der Waals surface area contributed by atoms with Crippen LogP contribution in [0.4, 0.5) is 0 Å². The molecule has 0 radical (unpaired) electrons. The van der Waals surface area contributed by atoms with E-state index in [1.807, 2.05) is 0 Å². The van der Waals surface area contributed by atoms with Crippen LogP contribution in [-0.2, 0) is 0 Å². The van der Waals surface area contributed by atoms with E-state index in [4.69, 9.17) is 0 Å². The molecule has 2 nitrogen and oxygen atoms in total. The van der Waals surface area contributed by atoms with E-state index in [1.54, 1.807) is 0 Å². The Morgan fingerprint density at radius 1 is 1.07 bits per heavy atom. The van der Waals surface area contributed by atoms with E-state index in [1.165, 1.54) is 58.3 Å². The van der Waals surface area contributed by atoms with Gasteiger partial charge in [-0.05, 0) is 69.0 Å². The van der Waals surface area contributed by atoms with Crippen molar-refractivity contribution in [2.45, 2.75) is 32.1 Å². The molecule has 0 aromatic carbocycles. The van der Waals surface area contributed by atoms with Gasteiger partial charge < -0.3 is 10.6 Å². The third kappa shape index (κ3) is 1.49. The number of piperidine rings is 2. The lowest BCUT2D eigenvalue weighted by Crippen LogP contribution is -2.36. The van der Waals surface area contributed by atoms with Crippen LogP contribution in [0.1, 0.15) is 32.1 Å². The molecule has 2 heterocycles. The van der Waals surface area contributed by atoms with Crippen molar-refractivity contribution >= 4 is 0 Å². The van der Waals surface area contributed by atoms with Crippen LogP contribution in [0.3, 0.4) is 0 Å². The summed E-state index contributed by atoms with van der Waals surface area (Å²) in [6, 6.07) is 0. The van der Waals surface area contributed by atoms with Gasteiger partial charge in [0.1, 0.15) is 0 Å². The Hall–Kier alpha value is -0.0800. The third-order valence-electron chi connectivity index (χ3n) is 4.66. The van der Waals surface area contributed by atoms with Crippen molar-refractivity contribution in [2.24, 2.45) is 17.3 Å². The molecule has 1 aliphatic carbocycles. The standard InChI is InChI=1S/C12H22N2/c1-3-10(8-13-5-1)11-7-12(11)4-2-6-14-9-12/h10-11,13-14H,1-9H2. The number of rotatable bonds is 1. The molecule has 2 saturated heterocycles. The summed E-state index contributed by atoms with van der Waals surface area (Å²) >= 11 is 0. The van der Waals surface area contributed by atoms with E-state index in [0.717, 1.165) is 17.3 Å². The third-order valence-corrected chi connectivity index (χ3v) is 4.66. The van der Waals surface area contributed by atoms with Gasteiger partial charge in [-0.3, -0.25) is 0 Å². The van der Waals surface area contributed by atoms with E-state index in [2.05, 4.69) is 10.6 Å². The van der Waals surface area contributed by atoms with Crippen LogP contribution in [0.25, 0.3) is 0 Å². The molecule has 3 atom stereocenters. The Kier molecular flexibility index (Phi) is 2.29. The molecular formula is C12H22N2. The Morgan fingerprint density at radius 3 is 2.71 bits per heavy atom. The molecule has 3 fully saturated rings. The first kappa shape index (κ1) is 9.17. The van der Waals surface area contributed by atoms with Crippen molar-refractivity contribution in [3.63, 3.8) is 0 Å². The first-order valence-electron chi connectivity index (χ1n) is 6.32. The van der Waals surface area contributed by atoms with Crippen molar-refractivity contribution in [2.75, 3.05) is 26.2 Å². The summed E-state index contributed by atoms with van der Waals surface area (Å²) in [5.41, 5.74) is 0.752. The Morgan fingerprint density at radius 2 is 2.00 bits per heavy atom. The van der Waals surface area contributed by atoms with Gasteiger partial charge in [-0.25, -0.2) is 0 Å². The summed E-state index contributed by atoms with van der Waals surface area (Å²) in [5.74, 6) is 2.06. The van der Waals surface area contributed by atoms with E-state index in [9.17, 15) is 0 Å². The predicted molar refractivity (Wildman–Crippen MR) is 58.2 cm³/mol. The van der Waals surface area contributed by atoms with E-state index < -0.39 is 0 Å². The van der Waals surface area contributed by atoms with Crippen molar-refractivity contribution < 1.29 is 0 Å². The van der Waals surface area contributed by atoms with Crippen molar-refractivity contribution in [3.05, 3.63) is 0 Å². The van der Waals surface area contributed by atoms with Gasteiger partial charge in [0.05, 0.1) is 0 Å². The maximum absolute atomic E-state index is 3.59. The highest BCUT2D eigenvalue weighted by atomic mass is 14.9. The minimum Gasteiger partial charge on any atom is -0.316 e. The average Bonchev–Trinajstić information content (AvgIpc) is 2.95. The maximum atomic E-state index is 3.59. The Labute approximate surface area is 86.8 Å². The zero-order valence-corrected chi connectivity index (χ0v) is 9.02. The second kappa shape index (κ2) is 3.49. The summed E-state index contributed by atoms with van der Waals surface area (Å²) in [7, 11) is 0. The number of nitrogens with one attached hydrogen (secondary N) is 2. The fourth-order valence-corrected chi connectivity index (χ4v) is 3.75. The van der Waals surface area contributed by atoms with Crippen molar-refractivity contribution in [1.29, 1.82) is 0 Å². The smallest absolute Gasteiger partial charge is 0.00107 e. The number of hydrogen-bond acceptors (Lipinski definition) is 2. The molecule has 1 saturated carbocycles. The molecule has 3 aliphatic rings. The van der Waals surface area contributed by atoms with Gasteiger partial charge in [0, 0.05) is 6.54 Å². The fraction of sp³-hybridized carbons (Fsp3) is 1.00. The van der Waals surface area contributed by atoms with E-state index in [-0.39, 0.29) is 0 Å². The van der Waals surface area contributed by atoms with Gasteiger partial charge in [-0.15, -0.1) is 0 Å². The lowest BCUT2D eigenvalue weighted by Gasteiger charge is -2.29. The summed E-state index contributed by atoms with van der Waals surface area (Å²) in [6.07, 6.45) is 7.33. The zero-order valence-electron chi connectivity index (χ0n) is 9.02. The van der Waals surface area contributed by atoms with E-state index in [0.29, 0.717) is 0 Å². The fourth-order valence-electron chi connectivity index (χ4n) is 3.75. The van der Waals surface area contributed by atoms with Crippen LogP contribution >= 0.6 is 0 Å². The molecule has 80 valence electrons. The molecule has 3 unspecified atom stereocenters. The summed E-state index contributed by atoms with van der Waals surface area (Å²) in [6.45, 7) is 5.13. The average molecular weight is 194 g/mol. The molecule has 2 heteroatoms. The van der Waals surface area contributed by atoms with Gasteiger partial charge >= 0.3 is 0 Å². The van der Waals surface area contributed by atoms with E-state index >= 15 is 0 Å². The second-order valence-electron chi connectivity index (χ2n) is 5.56. The summed E-state index contributed by atoms with van der Waals surface area (Å²) in [5, 5.41) is 7.14. The quantitative estimate of drug-likeness (QED) is 0.659. The molecule has 0 amide bonds. The zero-order chi connectivity index (χ0) is 9.43. The first-order chi connectivity index (χ1) is 6.91. The topological polar surface area (TPSA) is 24.1 Å². The lowest BCUT2D eigenvalue weighted by atomic mass is 9.85. The molecule has 14 heavy (non-hydrogen) atoms. The molecule has 0 bridgehead atoms. The Bertz CT molecular complexity index is 202. The monoisotopic (exact) mass is 194 g/mol.